The predicted molar refractivity (Wildman–Crippen MR) is 58.7 cm³/mol. The van der Waals surface area contributed by atoms with Crippen LogP contribution in [0.4, 0.5) is 5.69 Å². The van der Waals surface area contributed by atoms with Gasteiger partial charge in [0, 0.05) is 6.07 Å². The first kappa shape index (κ1) is 10.8. The lowest BCUT2D eigenvalue weighted by Crippen LogP contribution is -1.94. The second-order valence-electron chi connectivity index (χ2n) is 3.41. The number of aromatic nitrogens is 3. The van der Waals surface area contributed by atoms with Crippen LogP contribution in [0.5, 0.6) is 0 Å². The van der Waals surface area contributed by atoms with Crippen molar-refractivity contribution in [1.29, 1.82) is 0 Å². The van der Waals surface area contributed by atoms with Gasteiger partial charge in [0.05, 0.1) is 23.8 Å². The van der Waals surface area contributed by atoms with Crippen LogP contribution in [0.3, 0.4) is 0 Å². The van der Waals surface area contributed by atoms with Gasteiger partial charge in [-0.05, 0) is 5.92 Å². The Labute approximate surface area is 88.5 Å². The number of anilines is 1. The first-order chi connectivity index (χ1) is 6.16. The lowest BCUT2D eigenvalue weighted by Gasteiger charge is -1.95. The Bertz CT molecular complexity index is 435. The number of nitrogen functional groups attached to an aromatic ring is 1. The van der Waals surface area contributed by atoms with Crippen molar-refractivity contribution in [2.75, 3.05) is 5.73 Å². The van der Waals surface area contributed by atoms with Crippen molar-refractivity contribution >= 4 is 23.7 Å². The van der Waals surface area contributed by atoms with Crippen LogP contribution in [0.2, 0.25) is 0 Å². The van der Waals surface area contributed by atoms with Crippen LogP contribution in [0.15, 0.2) is 18.5 Å². The standard InChI is InChI=1S/C9H12N4.ClH/c1-6(2)8-3-9-11-4-7(10)5-13(9)12-8;/h3-6H,10H2,1-2H3;1H. The van der Waals surface area contributed by atoms with Gasteiger partial charge in [-0.2, -0.15) is 5.10 Å². The molecule has 0 amide bonds. The molecule has 2 heterocycles. The molecule has 0 fully saturated rings. The molecular formula is C9H13ClN4. The molecule has 0 saturated carbocycles. The number of halogens is 1. The molecule has 0 unspecified atom stereocenters. The largest absolute Gasteiger partial charge is 0.396 e. The minimum atomic E-state index is 0. The molecule has 0 radical (unpaired) electrons. The second kappa shape index (κ2) is 3.84. The Hall–Kier alpha value is -1.29. The zero-order chi connectivity index (χ0) is 9.42. The van der Waals surface area contributed by atoms with Gasteiger partial charge in [0.25, 0.3) is 0 Å². The average molecular weight is 213 g/mol. The van der Waals surface area contributed by atoms with Gasteiger partial charge >= 0.3 is 0 Å². The Morgan fingerprint density at radius 2 is 2.14 bits per heavy atom. The molecule has 14 heavy (non-hydrogen) atoms. The number of hydrogen-bond donors (Lipinski definition) is 1. The van der Waals surface area contributed by atoms with Crippen molar-refractivity contribution in [3.8, 4) is 0 Å². The molecule has 0 bridgehead atoms. The highest BCUT2D eigenvalue weighted by molar-refractivity contribution is 5.85. The predicted octanol–water partition coefficient (Wildman–Crippen LogP) is 1.86. The van der Waals surface area contributed by atoms with Gasteiger partial charge in [0.1, 0.15) is 0 Å². The van der Waals surface area contributed by atoms with E-state index < -0.39 is 0 Å². The van der Waals surface area contributed by atoms with E-state index in [0.717, 1.165) is 11.3 Å². The topological polar surface area (TPSA) is 56.2 Å². The summed E-state index contributed by atoms with van der Waals surface area (Å²) in [5.41, 5.74) is 8.10. The second-order valence-corrected chi connectivity index (χ2v) is 3.41. The molecule has 2 N–H and O–H groups in total. The highest BCUT2D eigenvalue weighted by Gasteiger charge is 2.05. The average Bonchev–Trinajstić information content (AvgIpc) is 2.46. The third-order valence-corrected chi connectivity index (χ3v) is 1.94. The van der Waals surface area contributed by atoms with Crippen LogP contribution in [-0.2, 0) is 0 Å². The van der Waals surface area contributed by atoms with Crippen molar-refractivity contribution in [3.63, 3.8) is 0 Å². The van der Waals surface area contributed by atoms with Crippen molar-refractivity contribution in [2.24, 2.45) is 0 Å². The Balaban J connectivity index is 0.000000980. The molecule has 5 heteroatoms. The third kappa shape index (κ3) is 1.80. The lowest BCUT2D eigenvalue weighted by atomic mass is 10.1. The maximum atomic E-state index is 5.59. The summed E-state index contributed by atoms with van der Waals surface area (Å²) >= 11 is 0. The van der Waals surface area contributed by atoms with E-state index in [9.17, 15) is 0 Å². The summed E-state index contributed by atoms with van der Waals surface area (Å²) in [5.74, 6) is 0.419. The van der Waals surface area contributed by atoms with Gasteiger partial charge in [-0.15, -0.1) is 12.4 Å². The normalized spacial score (nSPS) is 10.5. The summed E-state index contributed by atoms with van der Waals surface area (Å²) in [6.45, 7) is 4.20. The van der Waals surface area contributed by atoms with E-state index in [1.807, 2.05) is 6.07 Å². The summed E-state index contributed by atoms with van der Waals surface area (Å²) in [5, 5.41) is 4.35. The molecule has 0 atom stereocenters. The van der Waals surface area contributed by atoms with E-state index in [2.05, 4.69) is 23.9 Å². The number of fused-ring (bicyclic) bond motifs is 1. The monoisotopic (exact) mass is 212 g/mol. The molecule has 0 spiro atoms. The van der Waals surface area contributed by atoms with E-state index in [1.165, 1.54) is 0 Å². The van der Waals surface area contributed by atoms with Crippen LogP contribution in [0.1, 0.15) is 25.5 Å². The van der Waals surface area contributed by atoms with Crippen LogP contribution in [0.25, 0.3) is 5.65 Å². The molecular weight excluding hydrogens is 200 g/mol. The number of hydrogen-bond acceptors (Lipinski definition) is 3. The summed E-state index contributed by atoms with van der Waals surface area (Å²) in [4.78, 5) is 4.16. The van der Waals surface area contributed by atoms with Gasteiger partial charge < -0.3 is 5.73 Å². The Morgan fingerprint density at radius 1 is 1.43 bits per heavy atom. The van der Waals surface area contributed by atoms with Crippen molar-refractivity contribution in [1.82, 2.24) is 14.6 Å². The van der Waals surface area contributed by atoms with Crippen molar-refractivity contribution in [2.45, 2.75) is 19.8 Å². The summed E-state index contributed by atoms with van der Waals surface area (Å²) in [7, 11) is 0. The molecule has 0 aromatic carbocycles. The number of nitrogens with two attached hydrogens (primary N) is 1. The fourth-order valence-electron chi connectivity index (χ4n) is 1.19. The minimum absolute atomic E-state index is 0. The molecule has 2 aromatic rings. The molecule has 0 aliphatic carbocycles. The Kier molecular flexibility index (Phi) is 2.96. The van der Waals surface area contributed by atoms with Gasteiger partial charge in [-0.3, -0.25) is 0 Å². The fraction of sp³-hybridized carbons (Fsp3) is 0.333. The number of rotatable bonds is 1. The fourth-order valence-corrected chi connectivity index (χ4v) is 1.19. The van der Waals surface area contributed by atoms with Crippen LogP contribution < -0.4 is 5.73 Å². The Morgan fingerprint density at radius 3 is 2.79 bits per heavy atom. The quantitative estimate of drug-likeness (QED) is 0.785. The third-order valence-electron chi connectivity index (χ3n) is 1.94. The van der Waals surface area contributed by atoms with Crippen LogP contribution in [0, 0.1) is 0 Å². The van der Waals surface area contributed by atoms with E-state index in [1.54, 1.807) is 16.9 Å². The number of nitrogens with zero attached hydrogens (tertiary/aromatic N) is 3. The van der Waals surface area contributed by atoms with Gasteiger partial charge in [0.15, 0.2) is 5.65 Å². The van der Waals surface area contributed by atoms with E-state index in [-0.39, 0.29) is 12.4 Å². The smallest absolute Gasteiger partial charge is 0.155 e. The SMILES string of the molecule is CC(C)c1cc2ncc(N)cn2n1.Cl. The van der Waals surface area contributed by atoms with E-state index in [4.69, 9.17) is 5.73 Å². The molecule has 76 valence electrons. The molecule has 0 aliphatic heterocycles. The van der Waals surface area contributed by atoms with Gasteiger partial charge in [-0.1, -0.05) is 13.8 Å². The van der Waals surface area contributed by atoms with Gasteiger partial charge in [-0.25, -0.2) is 9.50 Å². The molecule has 2 aromatic heterocycles. The van der Waals surface area contributed by atoms with Gasteiger partial charge in [0.2, 0.25) is 0 Å². The first-order valence-corrected chi connectivity index (χ1v) is 4.27. The maximum Gasteiger partial charge on any atom is 0.155 e. The maximum absolute atomic E-state index is 5.59. The highest BCUT2D eigenvalue weighted by Crippen LogP contribution is 2.14. The van der Waals surface area contributed by atoms with Crippen molar-refractivity contribution in [3.05, 3.63) is 24.2 Å². The zero-order valence-corrected chi connectivity index (χ0v) is 8.95. The minimum Gasteiger partial charge on any atom is -0.396 e. The van der Waals surface area contributed by atoms with E-state index in [0.29, 0.717) is 11.6 Å². The molecule has 4 nitrogen and oxygen atoms in total. The summed E-state index contributed by atoms with van der Waals surface area (Å²) in [6.07, 6.45) is 3.41. The van der Waals surface area contributed by atoms with E-state index >= 15 is 0 Å². The zero-order valence-electron chi connectivity index (χ0n) is 8.14. The molecule has 0 aliphatic rings. The van der Waals surface area contributed by atoms with Crippen LogP contribution in [-0.4, -0.2) is 14.6 Å². The highest BCUT2D eigenvalue weighted by atomic mass is 35.5. The molecule has 2 rings (SSSR count). The first-order valence-electron chi connectivity index (χ1n) is 4.27. The van der Waals surface area contributed by atoms with Crippen molar-refractivity contribution < 1.29 is 0 Å². The summed E-state index contributed by atoms with van der Waals surface area (Å²) < 4.78 is 1.71. The lowest BCUT2D eigenvalue weighted by molar-refractivity contribution is 0.787. The summed E-state index contributed by atoms with van der Waals surface area (Å²) in [6, 6.07) is 1.98. The van der Waals surface area contributed by atoms with Crippen LogP contribution >= 0.6 is 12.4 Å². The molecule has 0 saturated heterocycles.